The van der Waals surface area contributed by atoms with Crippen LogP contribution in [-0.2, 0) is 13.0 Å². The Morgan fingerprint density at radius 3 is 2.84 bits per heavy atom. The molecule has 0 saturated heterocycles. The molecule has 0 aliphatic carbocycles. The fourth-order valence-corrected chi connectivity index (χ4v) is 3.53. The molecule has 0 spiro atoms. The second kappa shape index (κ2) is 7.22. The summed E-state index contributed by atoms with van der Waals surface area (Å²) in [7, 11) is 0. The van der Waals surface area contributed by atoms with Gasteiger partial charge < -0.3 is 5.32 Å². The van der Waals surface area contributed by atoms with Crippen LogP contribution in [0.25, 0.3) is 0 Å². The third kappa shape index (κ3) is 4.16. The van der Waals surface area contributed by atoms with E-state index in [0.717, 1.165) is 25.9 Å². The highest BCUT2D eigenvalue weighted by molar-refractivity contribution is 9.11. The van der Waals surface area contributed by atoms with E-state index in [9.17, 15) is 0 Å². The maximum Gasteiger partial charge on any atom is 0.0701 e. The van der Waals surface area contributed by atoms with Crippen molar-refractivity contribution in [3.05, 3.63) is 38.8 Å². The Hall–Kier alpha value is -0.650. The zero-order valence-electron chi connectivity index (χ0n) is 11.4. The van der Waals surface area contributed by atoms with E-state index in [-0.39, 0.29) is 0 Å². The van der Waals surface area contributed by atoms with Crippen LogP contribution >= 0.6 is 27.3 Å². The van der Waals surface area contributed by atoms with Gasteiger partial charge in [-0.1, -0.05) is 6.92 Å². The molecule has 19 heavy (non-hydrogen) atoms. The van der Waals surface area contributed by atoms with Gasteiger partial charge in [0.2, 0.25) is 0 Å². The van der Waals surface area contributed by atoms with Gasteiger partial charge in [0.1, 0.15) is 0 Å². The van der Waals surface area contributed by atoms with Gasteiger partial charge in [0, 0.05) is 23.7 Å². The fraction of sp³-hybridized carbons (Fsp3) is 0.500. The number of hydrogen-bond acceptors (Lipinski definition) is 3. The molecule has 2 rings (SSSR count). The summed E-state index contributed by atoms with van der Waals surface area (Å²) in [6.07, 6.45) is 6.26. The molecule has 1 N–H and O–H groups in total. The van der Waals surface area contributed by atoms with Gasteiger partial charge in [-0.05, 0) is 59.9 Å². The lowest BCUT2D eigenvalue weighted by molar-refractivity contribution is 0.536. The van der Waals surface area contributed by atoms with Gasteiger partial charge in [0.25, 0.3) is 0 Å². The minimum Gasteiger partial charge on any atom is -0.309 e. The van der Waals surface area contributed by atoms with Crippen LogP contribution in [0.15, 0.2) is 28.3 Å². The average molecular weight is 342 g/mol. The number of nitrogens with one attached hydrogen (secondary N) is 1. The molecule has 0 bridgehead atoms. The Kier molecular flexibility index (Phi) is 5.60. The molecule has 3 nitrogen and oxygen atoms in total. The first-order chi connectivity index (χ1) is 9.22. The van der Waals surface area contributed by atoms with Crippen LogP contribution in [-0.4, -0.2) is 16.3 Å². The summed E-state index contributed by atoms with van der Waals surface area (Å²) in [5.74, 6) is 0. The molecule has 1 unspecified atom stereocenters. The second-order valence-corrected chi connectivity index (χ2v) is 7.05. The van der Waals surface area contributed by atoms with Gasteiger partial charge in [0.05, 0.1) is 9.98 Å². The van der Waals surface area contributed by atoms with Crippen molar-refractivity contribution in [2.75, 3.05) is 6.54 Å². The average Bonchev–Trinajstić information content (AvgIpc) is 3.03. The van der Waals surface area contributed by atoms with E-state index < -0.39 is 0 Å². The SMILES string of the molecule is CCCNC(Cc1cnn(CC)c1)c1ccc(Br)s1. The zero-order valence-corrected chi connectivity index (χ0v) is 13.8. The van der Waals surface area contributed by atoms with Crippen molar-refractivity contribution in [1.82, 2.24) is 15.1 Å². The molecule has 0 radical (unpaired) electrons. The Labute approximate surface area is 127 Å². The normalized spacial score (nSPS) is 12.8. The lowest BCUT2D eigenvalue weighted by Gasteiger charge is -2.16. The third-order valence-corrected chi connectivity index (χ3v) is 4.77. The van der Waals surface area contributed by atoms with Crippen molar-refractivity contribution in [2.24, 2.45) is 0 Å². The number of nitrogens with zero attached hydrogens (tertiary/aromatic N) is 2. The number of aryl methyl sites for hydroxylation is 1. The van der Waals surface area contributed by atoms with Gasteiger partial charge in [-0.15, -0.1) is 11.3 Å². The van der Waals surface area contributed by atoms with Crippen LogP contribution in [0, 0.1) is 0 Å². The van der Waals surface area contributed by atoms with Gasteiger partial charge in [-0.3, -0.25) is 4.68 Å². The maximum absolute atomic E-state index is 4.35. The molecule has 0 saturated carbocycles. The van der Waals surface area contributed by atoms with Crippen molar-refractivity contribution in [2.45, 2.75) is 39.3 Å². The lowest BCUT2D eigenvalue weighted by atomic mass is 10.1. The molecule has 0 aliphatic rings. The molecular formula is C14H20BrN3S. The Bertz CT molecular complexity index is 506. The number of aromatic nitrogens is 2. The van der Waals surface area contributed by atoms with Crippen molar-refractivity contribution >= 4 is 27.3 Å². The molecule has 5 heteroatoms. The topological polar surface area (TPSA) is 29.9 Å². The van der Waals surface area contributed by atoms with Gasteiger partial charge in [-0.2, -0.15) is 5.10 Å². The molecule has 0 aliphatic heterocycles. The highest BCUT2D eigenvalue weighted by Crippen LogP contribution is 2.29. The number of rotatable bonds is 7. The van der Waals surface area contributed by atoms with E-state index in [4.69, 9.17) is 0 Å². The summed E-state index contributed by atoms with van der Waals surface area (Å²) in [5, 5.41) is 7.98. The summed E-state index contributed by atoms with van der Waals surface area (Å²) in [4.78, 5) is 1.38. The molecule has 1 atom stereocenters. The second-order valence-electron chi connectivity index (χ2n) is 4.56. The van der Waals surface area contributed by atoms with Gasteiger partial charge in [-0.25, -0.2) is 0 Å². The van der Waals surface area contributed by atoms with Crippen molar-refractivity contribution < 1.29 is 0 Å². The van der Waals surface area contributed by atoms with Crippen molar-refractivity contribution in [1.29, 1.82) is 0 Å². The Balaban J connectivity index is 2.09. The van der Waals surface area contributed by atoms with Crippen LogP contribution in [0.1, 0.15) is 36.8 Å². The highest BCUT2D eigenvalue weighted by Gasteiger charge is 2.14. The minimum atomic E-state index is 0.380. The maximum atomic E-state index is 4.35. The van der Waals surface area contributed by atoms with Gasteiger partial charge in [0.15, 0.2) is 0 Å². The zero-order chi connectivity index (χ0) is 13.7. The summed E-state index contributed by atoms with van der Waals surface area (Å²) < 4.78 is 3.17. The van der Waals surface area contributed by atoms with Crippen LogP contribution in [0.4, 0.5) is 0 Å². The van der Waals surface area contributed by atoms with Crippen molar-refractivity contribution in [3.8, 4) is 0 Å². The largest absolute Gasteiger partial charge is 0.309 e. The molecule has 2 aromatic rings. The standard InChI is InChI=1S/C14H20BrN3S/c1-3-7-16-12(13-5-6-14(15)19-13)8-11-9-17-18(4-2)10-11/h5-6,9-10,12,16H,3-4,7-8H2,1-2H3. The molecule has 0 fully saturated rings. The van der Waals surface area contributed by atoms with Crippen LogP contribution in [0.5, 0.6) is 0 Å². The first kappa shape index (κ1) is 14.8. The Morgan fingerprint density at radius 2 is 2.26 bits per heavy atom. The molecule has 2 aromatic heterocycles. The summed E-state index contributed by atoms with van der Waals surface area (Å²) in [6, 6.07) is 4.70. The van der Waals surface area contributed by atoms with E-state index >= 15 is 0 Å². The minimum absolute atomic E-state index is 0.380. The molecule has 0 aromatic carbocycles. The first-order valence-corrected chi connectivity index (χ1v) is 8.33. The fourth-order valence-electron chi connectivity index (χ4n) is 2.03. The summed E-state index contributed by atoms with van der Waals surface area (Å²) in [6.45, 7) is 6.28. The predicted octanol–water partition coefficient (Wildman–Crippen LogP) is 4.01. The number of hydrogen-bond donors (Lipinski definition) is 1. The first-order valence-electron chi connectivity index (χ1n) is 6.72. The Morgan fingerprint density at radius 1 is 1.42 bits per heavy atom. The molecule has 104 valence electrons. The van der Waals surface area contributed by atoms with E-state index in [1.54, 1.807) is 11.3 Å². The van der Waals surface area contributed by atoms with E-state index in [1.165, 1.54) is 14.2 Å². The van der Waals surface area contributed by atoms with E-state index in [2.05, 4.69) is 58.5 Å². The molecular weight excluding hydrogens is 322 g/mol. The van der Waals surface area contributed by atoms with E-state index in [1.807, 2.05) is 10.9 Å². The number of thiophene rings is 1. The van der Waals surface area contributed by atoms with Crippen LogP contribution in [0.3, 0.4) is 0 Å². The quantitative estimate of drug-likeness (QED) is 0.824. The summed E-state index contributed by atoms with van der Waals surface area (Å²) >= 11 is 5.35. The molecule has 0 amide bonds. The van der Waals surface area contributed by atoms with E-state index in [0.29, 0.717) is 6.04 Å². The number of halogens is 1. The smallest absolute Gasteiger partial charge is 0.0701 e. The highest BCUT2D eigenvalue weighted by atomic mass is 79.9. The van der Waals surface area contributed by atoms with Crippen LogP contribution < -0.4 is 5.32 Å². The van der Waals surface area contributed by atoms with Crippen molar-refractivity contribution in [3.63, 3.8) is 0 Å². The predicted molar refractivity (Wildman–Crippen MR) is 84.7 cm³/mol. The third-order valence-electron chi connectivity index (χ3n) is 3.03. The lowest BCUT2D eigenvalue weighted by Crippen LogP contribution is -2.23. The van der Waals surface area contributed by atoms with Crippen LogP contribution in [0.2, 0.25) is 0 Å². The monoisotopic (exact) mass is 341 g/mol. The molecule has 2 heterocycles. The summed E-state index contributed by atoms with van der Waals surface area (Å²) in [5.41, 5.74) is 1.29. The van der Waals surface area contributed by atoms with Gasteiger partial charge >= 0.3 is 0 Å².